The Morgan fingerprint density at radius 1 is 1.29 bits per heavy atom. The summed E-state index contributed by atoms with van der Waals surface area (Å²) in [6.07, 6.45) is 6.31. The highest BCUT2D eigenvalue weighted by Gasteiger charge is 2.45. The van der Waals surface area contributed by atoms with Gasteiger partial charge in [-0.05, 0) is 37.5 Å². The highest BCUT2D eigenvalue weighted by Crippen LogP contribution is 2.43. The predicted molar refractivity (Wildman–Crippen MR) is 70.7 cm³/mol. The van der Waals surface area contributed by atoms with Gasteiger partial charge < -0.3 is 4.90 Å². The van der Waals surface area contributed by atoms with Gasteiger partial charge in [0.2, 0.25) is 5.91 Å². The molecule has 98 valence electrons. The molecule has 1 heterocycles. The smallest absolute Gasteiger partial charge is 0.226 e. The van der Waals surface area contributed by atoms with Crippen molar-refractivity contribution in [1.82, 2.24) is 4.90 Å². The molecule has 2 heteroatoms. The summed E-state index contributed by atoms with van der Waals surface area (Å²) < 4.78 is 0. The van der Waals surface area contributed by atoms with Crippen LogP contribution in [0.5, 0.6) is 0 Å². The molecule has 1 saturated heterocycles. The van der Waals surface area contributed by atoms with E-state index in [1.165, 1.54) is 25.7 Å². The van der Waals surface area contributed by atoms with E-state index in [4.69, 9.17) is 0 Å². The SMILES string of the molecule is CC[C@@H]1CC2CCCC2N1C(=O)C(C)C(C)C. The minimum absolute atomic E-state index is 0.184. The Balaban J connectivity index is 2.13. The summed E-state index contributed by atoms with van der Waals surface area (Å²) in [6.45, 7) is 8.64. The lowest BCUT2D eigenvalue weighted by Crippen LogP contribution is -2.44. The fraction of sp³-hybridized carbons (Fsp3) is 0.933. The lowest BCUT2D eigenvalue weighted by atomic mass is 9.95. The molecule has 2 fully saturated rings. The van der Waals surface area contributed by atoms with Gasteiger partial charge in [0.25, 0.3) is 0 Å². The summed E-state index contributed by atoms with van der Waals surface area (Å²) in [6, 6.07) is 1.10. The Hall–Kier alpha value is -0.530. The minimum Gasteiger partial charge on any atom is -0.336 e. The molecule has 4 atom stereocenters. The van der Waals surface area contributed by atoms with Crippen LogP contribution in [0.2, 0.25) is 0 Å². The Morgan fingerprint density at radius 2 is 2.00 bits per heavy atom. The van der Waals surface area contributed by atoms with Crippen LogP contribution in [0, 0.1) is 17.8 Å². The van der Waals surface area contributed by atoms with E-state index in [1.807, 2.05) is 0 Å². The van der Waals surface area contributed by atoms with Crippen molar-refractivity contribution in [2.24, 2.45) is 17.8 Å². The third-order valence-electron chi connectivity index (χ3n) is 5.06. The summed E-state index contributed by atoms with van der Waals surface area (Å²) >= 11 is 0. The van der Waals surface area contributed by atoms with Crippen LogP contribution < -0.4 is 0 Å². The molecule has 0 aromatic heterocycles. The molecule has 17 heavy (non-hydrogen) atoms. The molecule has 0 N–H and O–H groups in total. The third-order valence-corrected chi connectivity index (χ3v) is 5.06. The van der Waals surface area contributed by atoms with Gasteiger partial charge >= 0.3 is 0 Å². The molecule has 0 bridgehead atoms. The van der Waals surface area contributed by atoms with Gasteiger partial charge in [-0.1, -0.05) is 34.1 Å². The second-order valence-corrected chi connectivity index (χ2v) is 6.33. The van der Waals surface area contributed by atoms with Crippen LogP contribution >= 0.6 is 0 Å². The normalized spacial score (nSPS) is 34.2. The number of fused-ring (bicyclic) bond motifs is 1. The summed E-state index contributed by atoms with van der Waals surface area (Å²) in [4.78, 5) is 14.9. The number of carbonyl (C=O) groups excluding carboxylic acids is 1. The highest BCUT2D eigenvalue weighted by molar-refractivity contribution is 5.79. The number of rotatable bonds is 3. The quantitative estimate of drug-likeness (QED) is 0.736. The molecular formula is C15H27NO. The van der Waals surface area contributed by atoms with Gasteiger partial charge in [0, 0.05) is 18.0 Å². The molecular weight excluding hydrogens is 210 g/mol. The van der Waals surface area contributed by atoms with Crippen molar-refractivity contribution in [3.63, 3.8) is 0 Å². The molecule has 2 nitrogen and oxygen atoms in total. The van der Waals surface area contributed by atoms with Crippen molar-refractivity contribution in [2.45, 2.75) is 71.9 Å². The molecule has 0 aromatic rings. The molecule has 1 aliphatic carbocycles. The van der Waals surface area contributed by atoms with E-state index < -0.39 is 0 Å². The molecule has 1 amide bonds. The Kier molecular flexibility index (Phi) is 3.79. The topological polar surface area (TPSA) is 20.3 Å². The molecule has 0 radical (unpaired) electrons. The largest absolute Gasteiger partial charge is 0.336 e. The molecule has 1 aliphatic heterocycles. The molecule has 3 unspecified atom stereocenters. The van der Waals surface area contributed by atoms with Gasteiger partial charge in [-0.3, -0.25) is 4.79 Å². The molecule has 1 saturated carbocycles. The molecule has 0 aromatic carbocycles. The van der Waals surface area contributed by atoms with Gasteiger partial charge in [0.1, 0.15) is 0 Å². The first-order valence-corrected chi connectivity index (χ1v) is 7.38. The Morgan fingerprint density at radius 3 is 2.59 bits per heavy atom. The standard InChI is InChI=1S/C15H27NO/c1-5-13-9-12-7-6-8-14(12)16(13)15(17)11(4)10(2)3/h10-14H,5-9H2,1-4H3/t11?,12?,13-,14?/m1/s1. The zero-order valence-corrected chi connectivity index (χ0v) is 11.8. The van der Waals surface area contributed by atoms with Crippen LogP contribution in [0.15, 0.2) is 0 Å². The van der Waals surface area contributed by atoms with E-state index in [1.54, 1.807) is 0 Å². The second kappa shape index (κ2) is 4.99. The van der Waals surface area contributed by atoms with Gasteiger partial charge in [0.15, 0.2) is 0 Å². The van der Waals surface area contributed by atoms with E-state index in [9.17, 15) is 4.79 Å². The number of amides is 1. The Labute approximate surface area is 106 Å². The van der Waals surface area contributed by atoms with Crippen molar-refractivity contribution in [2.75, 3.05) is 0 Å². The van der Waals surface area contributed by atoms with E-state index in [2.05, 4.69) is 32.6 Å². The number of hydrogen-bond acceptors (Lipinski definition) is 1. The van der Waals surface area contributed by atoms with Crippen LogP contribution in [0.1, 0.15) is 59.8 Å². The van der Waals surface area contributed by atoms with Gasteiger partial charge in [-0.15, -0.1) is 0 Å². The maximum Gasteiger partial charge on any atom is 0.226 e. The molecule has 2 aliphatic rings. The fourth-order valence-electron chi connectivity index (χ4n) is 3.62. The van der Waals surface area contributed by atoms with Crippen molar-refractivity contribution in [1.29, 1.82) is 0 Å². The minimum atomic E-state index is 0.184. The van der Waals surface area contributed by atoms with Crippen molar-refractivity contribution >= 4 is 5.91 Å². The first-order chi connectivity index (χ1) is 8.06. The lowest BCUT2D eigenvalue weighted by molar-refractivity contribution is -0.139. The number of carbonyl (C=O) groups is 1. The lowest BCUT2D eigenvalue weighted by Gasteiger charge is -2.33. The van der Waals surface area contributed by atoms with Crippen LogP contribution in [-0.4, -0.2) is 22.9 Å². The summed E-state index contributed by atoms with van der Waals surface area (Å²) in [7, 11) is 0. The second-order valence-electron chi connectivity index (χ2n) is 6.33. The maximum absolute atomic E-state index is 12.6. The number of nitrogens with zero attached hydrogens (tertiary/aromatic N) is 1. The van der Waals surface area contributed by atoms with Gasteiger partial charge in [0.05, 0.1) is 0 Å². The van der Waals surface area contributed by atoms with Crippen LogP contribution in [0.4, 0.5) is 0 Å². The number of likely N-dealkylation sites (tertiary alicyclic amines) is 1. The van der Waals surface area contributed by atoms with Gasteiger partial charge in [-0.2, -0.15) is 0 Å². The first-order valence-electron chi connectivity index (χ1n) is 7.38. The average molecular weight is 237 g/mol. The summed E-state index contributed by atoms with van der Waals surface area (Å²) in [5.41, 5.74) is 0. The fourth-order valence-corrected chi connectivity index (χ4v) is 3.62. The number of hydrogen-bond donors (Lipinski definition) is 0. The summed E-state index contributed by atoms with van der Waals surface area (Å²) in [5, 5.41) is 0. The van der Waals surface area contributed by atoms with Crippen molar-refractivity contribution in [3.8, 4) is 0 Å². The third kappa shape index (κ3) is 2.23. The van der Waals surface area contributed by atoms with Crippen LogP contribution in [0.3, 0.4) is 0 Å². The molecule has 0 spiro atoms. The first kappa shape index (κ1) is 12.9. The van der Waals surface area contributed by atoms with Crippen molar-refractivity contribution in [3.05, 3.63) is 0 Å². The summed E-state index contributed by atoms with van der Waals surface area (Å²) in [5.74, 6) is 1.87. The van der Waals surface area contributed by atoms with Gasteiger partial charge in [-0.25, -0.2) is 0 Å². The molecule has 2 rings (SSSR count). The van der Waals surface area contributed by atoms with E-state index in [0.717, 1.165) is 12.3 Å². The van der Waals surface area contributed by atoms with E-state index in [-0.39, 0.29) is 5.92 Å². The van der Waals surface area contributed by atoms with Crippen LogP contribution in [-0.2, 0) is 4.79 Å². The zero-order chi connectivity index (χ0) is 12.6. The zero-order valence-electron chi connectivity index (χ0n) is 11.8. The van der Waals surface area contributed by atoms with E-state index in [0.29, 0.717) is 23.9 Å². The van der Waals surface area contributed by atoms with Crippen LogP contribution in [0.25, 0.3) is 0 Å². The van der Waals surface area contributed by atoms with Crippen molar-refractivity contribution < 1.29 is 4.79 Å². The predicted octanol–water partition coefficient (Wildman–Crippen LogP) is 3.46. The Bertz CT molecular complexity index is 287. The van der Waals surface area contributed by atoms with E-state index >= 15 is 0 Å². The highest BCUT2D eigenvalue weighted by atomic mass is 16.2. The average Bonchev–Trinajstić information content (AvgIpc) is 2.85. The monoisotopic (exact) mass is 237 g/mol. The maximum atomic E-state index is 12.6.